The summed E-state index contributed by atoms with van der Waals surface area (Å²) >= 11 is 2.85. The molecule has 1 unspecified atom stereocenters. The second-order valence-corrected chi connectivity index (χ2v) is 9.20. The van der Waals surface area contributed by atoms with Crippen LogP contribution in [0.15, 0.2) is 11.1 Å². The number of fused-ring (bicyclic) bond motifs is 1. The molecule has 2 aromatic heterocycles. The highest BCUT2D eigenvalue weighted by molar-refractivity contribution is 8.00. The number of thioether (sulfide) groups is 1. The number of pyridine rings is 1. The fourth-order valence-corrected chi connectivity index (χ4v) is 5.81. The number of anilines is 1. The van der Waals surface area contributed by atoms with Crippen molar-refractivity contribution in [3.63, 3.8) is 0 Å². The zero-order chi connectivity index (χ0) is 20.3. The molecule has 28 heavy (non-hydrogen) atoms. The van der Waals surface area contributed by atoms with Gasteiger partial charge in [-0.15, -0.1) is 11.3 Å². The minimum Gasteiger partial charge on any atom is -0.316 e. The van der Waals surface area contributed by atoms with Gasteiger partial charge in [0.2, 0.25) is 5.91 Å². The Morgan fingerprint density at radius 3 is 2.68 bits per heavy atom. The molecule has 2 heterocycles. The summed E-state index contributed by atoms with van der Waals surface area (Å²) in [7, 11) is 0. The van der Waals surface area contributed by atoms with E-state index in [1.165, 1.54) is 28.0 Å². The van der Waals surface area contributed by atoms with Crippen molar-refractivity contribution in [1.29, 1.82) is 10.5 Å². The molecule has 1 aliphatic rings. The summed E-state index contributed by atoms with van der Waals surface area (Å²) in [6.45, 7) is 5.71. The molecular formula is C21H22N4OS2. The quantitative estimate of drug-likeness (QED) is 0.709. The van der Waals surface area contributed by atoms with Crippen LogP contribution in [0, 0.1) is 36.5 Å². The van der Waals surface area contributed by atoms with Crippen molar-refractivity contribution in [3.05, 3.63) is 38.9 Å². The van der Waals surface area contributed by atoms with Gasteiger partial charge in [-0.05, 0) is 63.1 Å². The minimum atomic E-state index is -0.383. The smallest absolute Gasteiger partial charge is 0.238 e. The highest BCUT2D eigenvalue weighted by Crippen LogP contribution is 2.38. The molecule has 144 valence electrons. The number of amides is 1. The van der Waals surface area contributed by atoms with Crippen molar-refractivity contribution in [2.45, 2.75) is 63.2 Å². The van der Waals surface area contributed by atoms with Crippen LogP contribution < -0.4 is 5.32 Å². The standard InChI is InChI=1S/C21H22N4OS2/c1-4-17(27-20-15(10-22)12(2)9-13(3)24-20)19(26)25-21-16(11-23)14-7-5-6-8-18(14)28-21/h9,17H,4-8H2,1-3H3,(H,25,26). The number of rotatable bonds is 5. The SMILES string of the molecule is CCC(Sc1nc(C)cc(C)c1C#N)C(=O)Nc1sc2c(c1C#N)CCCC2. The van der Waals surface area contributed by atoms with Crippen LogP contribution in [0.3, 0.4) is 0 Å². The van der Waals surface area contributed by atoms with Gasteiger partial charge < -0.3 is 5.32 Å². The van der Waals surface area contributed by atoms with Crippen molar-refractivity contribution in [2.75, 3.05) is 5.32 Å². The van der Waals surface area contributed by atoms with E-state index >= 15 is 0 Å². The Morgan fingerprint density at radius 2 is 2.00 bits per heavy atom. The zero-order valence-corrected chi connectivity index (χ0v) is 17.9. The van der Waals surface area contributed by atoms with Gasteiger partial charge in [-0.2, -0.15) is 10.5 Å². The summed E-state index contributed by atoms with van der Waals surface area (Å²) in [5.74, 6) is -0.146. The van der Waals surface area contributed by atoms with Crippen LogP contribution in [0.25, 0.3) is 0 Å². The van der Waals surface area contributed by atoms with E-state index in [9.17, 15) is 15.3 Å². The van der Waals surface area contributed by atoms with Crippen molar-refractivity contribution < 1.29 is 4.79 Å². The molecule has 1 aliphatic carbocycles. The fraction of sp³-hybridized carbons (Fsp3) is 0.429. The lowest BCUT2D eigenvalue weighted by atomic mass is 9.96. The van der Waals surface area contributed by atoms with Gasteiger partial charge in [-0.1, -0.05) is 18.7 Å². The molecule has 5 nitrogen and oxygen atoms in total. The molecule has 0 bridgehead atoms. The van der Waals surface area contributed by atoms with E-state index < -0.39 is 0 Å². The molecule has 2 aromatic rings. The van der Waals surface area contributed by atoms with Crippen LogP contribution in [0.2, 0.25) is 0 Å². The van der Waals surface area contributed by atoms with E-state index in [4.69, 9.17) is 0 Å². The predicted octanol–water partition coefficient (Wildman–Crippen LogP) is 4.89. The van der Waals surface area contributed by atoms with E-state index in [0.717, 1.165) is 42.5 Å². The minimum absolute atomic E-state index is 0.146. The van der Waals surface area contributed by atoms with E-state index in [1.807, 2.05) is 26.8 Å². The predicted molar refractivity (Wildman–Crippen MR) is 113 cm³/mol. The number of carbonyl (C=O) groups excluding carboxylic acids is 1. The van der Waals surface area contributed by atoms with E-state index in [-0.39, 0.29) is 11.2 Å². The van der Waals surface area contributed by atoms with E-state index in [2.05, 4.69) is 22.4 Å². The third-order valence-corrected chi connectivity index (χ3v) is 7.42. The Kier molecular flexibility index (Phi) is 6.39. The second kappa shape index (κ2) is 8.77. The molecule has 1 amide bonds. The zero-order valence-electron chi connectivity index (χ0n) is 16.3. The molecule has 0 aliphatic heterocycles. The van der Waals surface area contributed by atoms with Crippen molar-refractivity contribution >= 4 is 34.0 Å². The van der Waals surface area contributed by atoms with Gasteiger partial charge in [0.15, 0.2) is 0 Å². The molecule has 3 rings (SSSR count). The summed E-state index contributed by atoms with van der Waals surface area (Å²) in [5, 5.41) is 22.9. The normalized spacial score (nSPS) is 13.9. The number of aryl methyl sites for hydroxylation is 3. The lowest BCUT2D eigenvalue weighted by Gasteiger charge is -2.15. The Morgan fingerprint density at radius 1 is 1.29 bits per heavy atom. The number of carbonyl (C=O) groups is 1. The first-order valence-corrected chi connectivity index (χ1v) is 11.1. The van der Waals surface area contributed by atoms with Crippen LogP contribution in [0.1, 0.15) is 59.0 Å². The number of aromatic nitrogens is 1. The maximum Gasteiger partial charge on any atom is 0.238 e. The summed E-state index contributed by atoms with van der Waals surface area (Å²) in [5.41, 5.74) is 3.94. The molecule has 0 saturated carbocycles. The second-order valence-electron chi connectivity index (χ2n) is 6.90. The third-order valence-electron chi connectivity index (χ3n) is 4.86. The molecular weight excluding hydrogens is 388 g/mol. The summed E-state index contributed by atoms with van der Waals surface area (Å²) in [6.07, 6.45) is 4.72. The Hall–Kier alpha value is -2.35. The van der Waals surface area contributed by atoms with Gasteiger partial charge in [0.05, 0.1) is 16.4 Å². The molecule has 0 spiro atoms. The molecule has 1 N–H and O–H groups in total. The fourth-order valence-electron chi connectivity index (χ4n) is 3.45. The molecule has 0 aromatic carbocycles. The molecule has 0 fully saturated rings. The van der Waals surface area contributed by atoms with Crippen molar-refractivity contribution in [2.24, 2.45) is 0 Å². The van der Waals surface area contributed by atoms with Gasteiger partial charge in [-0.25, -0.2) is 4.98 Å². The first-order valence-electron chi connectivity index (χ1n) is 9.39. The van der Waals surface area contributed by atoms with E-state index in [1.54, 1.807) is 0 Å². The molecule has 0 saturated heterocycles. The Bertz CT molecular complexity index is 997. The Labute approximate surface area is 173 Å². The van der Waals surface area contributed by atoms with Crippen LogP contribution >= 0.6 is 23.1 Å². The van der Waals surface area contributed by atoms with Crippen LogP contribution in [0.4, 0.5) is 5.00 Å². The lowest BCUT2D eigenvalue weighted by molar-refractivity contribution is -0.115. The van der Waals surface area contributed by atoms with Gasteiger partial charge in [0, 0.05) is 10.6 Å². The highest BCUT2D eigenvalue weighted by Gasteiger charge is 2.26. The van der Waals surface area contributed by atoms with Gasteiger partial charge >= 0.3 is 0 Å². The monoisotopic (exact) mass is 410 g/mol. The average molecular weight is 411 g/mol. The number of hydrogen-bond acceptors (Lipinski definition) is 6. The van der Waals surface area contributed by atoms with Crippen LogP contribution in [0.5, 0.6) is 0 Å². The summed E-state index contributed by atoms with van der Waals surface area (Å²) in [4.78, 5) is 18.7. The topological polar surface area (TPSA) is 89.6 Å². The van der Waals surface area contributed by atoms with Crippen LogP contribution in [-0.4, -0.2) is 16.1 Å². The molecule has 0 radical (unpaired) electrons. The van der Waals surface area contributed by atoms with Gasteiger partial charge in [0.1, 0.15) is 22.2 Å². The van der Waals surface area contributed by atoms with Crippen LogP contribution in [-0.2, 0) is 17.6 Å². The molecule has 7 heteroatoms. The van der Waals surface area contributed by atoms with Gasteiger partial charge in [-0.3, -0.25) is 4.79 Å². The number of thiophene rings is 1. The van der Waals surface area contributed by atoms with Crippen molar-refractivity contribution in [1.82, 2.24) is 4.98 Å². The maximum absolute atomic E-state index is 13.0. The average Bonchev–Trinajstić information content (AvgIpc) is 3.02. The number of nitriles is 2. The summed E-state index contributed by atoms with van der Waals surface area (Å²) in [6, 6.07) is 6.36. The Balaban J connectivity index is 1.84. The first kappa shape index (κ1) is 20.4. The van der Waals surface area contributed by atoms with Crippen molar-refractivity contribution in [3.8, 4) is 12.1 Å². The number of nitrogens with zero attached hydrogens (tertiary/aromatic N) is 3. The lowest BCUT2D eigenvalue weighted by Crippen LogP contribution is -2.25. The highest BCUT2D eigenvalue weighted by atomic mass is 32.2. The first-order chi connectivity index (χ1) is 13.5. The summed E-state index contributed by atoms with van der Waals surface area (Å²) < 4.78 is 0. The maximum atomic E-state index is 13.0. The number of hydrogen-bond donors (Lipinski definition) is 1. The van der Waals surface area contributed by atoms with Gasteiger partial charge in [0.25, 0.3) is 0 Å². The molecule has 1 atom stereocenters. The third kappa shape index (κ3) is 4.06. The largest absolute Gasteiger partial charge is 0.316 e. The van der Waals surface area contributed by atoms with E-state index in [0.29, 0.717) is 27.6 Å². The number of nitrogens with one attached hydrogen (secondary N) is 1.